The van der Waals surface area contributed by atoms with Crippen LogP contribution in [0.2, 0.25) is 15.2 Å². The highest BCUT2D eigenvalue weighted by Gasteiger charge is 2.28. The van der Waals surface area contributed by atoms with E-state index in [0.29, 0.717) is 34.0 Å². The predicted molar refractivity (Wildman–Crippen MR) is 196 cm³/mol. The van der Waals surface area contributed by atoms with Crippen LogP contribution in [0.1, 0.15) is 53.3 Å². The lowest BCUT2D eigenvalue weighted by Crippen LogP contribution is -2.19. The molecule has 0 aliphatic heterocycles. The third-order valence-electron chi connectivity index (χ3n) is 7.16. The zero-order valence-electron chi connectivity index (χ0n) is 28.8. The number of nitriles is 2. The molecule has 1 heterocycles. The quantitative estimate of drug-likeness (QED) is 0.119. The van der Waals surface area contributed by atoms with Crippen molar-refractivity contribution >= 4 is 46.7 Å². The Morgan fingerprint density at radius 3 is 1.83 bits per heavy atom. The highest BCUT2D eigenvalue weighted by Crippen LogP contribution is 2.36. The van der Waals surface area contributed by atoms with Crippen molar-refractivity contribution in [2.75, 3.05) is 13.2 Å². The summed E-state index contributed by atoms with van der Waals surface area (Å²) >= 11 is 18.3. The Morgan fingerprint density at radius 2 is 1.30 bits per heavy atom. The number of hydrogen-bond acceptors (Lipinski definition) is 10. The molecule has 0 aliphatic rings. The summed E-state index contributed by atoms with van der Waals surface area (Å²) in [6, 6.07) is 22.1. The minimum absolute atomic E-state index is 0.0773. The van der Waals surface area contributed by atoms with E-state index in [1.54, 1.807) is 57.2 Å². The van der Waals surface area contributed by atoms with E-state index in [9.17, 15) is 18.4 Å². The van der Waals surface area contributed by atoms with E-state index in [4.69, 9.17) is 64.3 Å². The third-order valence-corrected chi connectivity index (χ3v) is 8.15. The number of rotatable bonds is 11. The Morgan fingerprint density at radius 1 is 0.741 bits per heavy atom. The molecular formula is C39H29Cl3F2N4O6. The maximum atomic E-state index is 13.8. The van der Waals surface area contributed by atoms with Gasteiger partial charge in [0, 0.05) is 12.1 Å². The molecule has 0 radical (unpaired) electrons. The highest BCUT2D eigenvalue weighted by atomic mass is 35.5. The Kier molecular flexibility index (Phi) is 14.7. The summed E-state index contributed by atoms with van der Waals surface area (Å²) in [5.41, 5.74) is 2.35. The normalized spacial score (nSPS) is 10.9. The SMILES string of the molecule is CCOC(=O)C(c1ccc(Cl)c(Oc2cc(F)cc(C#N)c2)c1)c1cc(C)c(Cl)nn1.CCOC(=O)Cc1ccc(Cl)c(Oc2cc(F)cc(C#N)c2)c1. The predicted octanol–water partition coefficient (Wildman–Crippen LogP) is 9.84. The van der Waals surface area contributed by atoms with Gasteiger partial charge in [0.1, 0.15) is 40.6 Å². The lowest BCUT2D eigenvalue weighted by atomic mass is 9.94. The zero-order chi connectivity index (χ0) is 39.4. The van der Waals surface area contributed by atoms with E-state index in [2.05, 4.69) is 10.2 Å². The summed E-state index contributed by atoms with van der Waals surface area (Å²) in [5.74, 6) is -2.35. The van der Waals surface area contributed by atoms with E-state index < -0.39 is 23.5 Å². The molecular weight excluding hydrogens is 765 g/mol. The van der Waals surface area contributed by atoms with Gasteiger partial charge in [0.05, 0.1) is 58.6 Å². The number of esters is 2. The number of hydrogen-bond donors (Lipinski definition) is 0. The lowest BCUT2D eigenvalue weighted by Gasteiger charge is -2.17. The van der Waals surface area contributed by atoms with Gasteiger partial charge in [-0.2, -0.15) is 15.6 Å². The van der Waals surface area contributed by atoms with E-state index in [1.165, 1.54) is 18.2 Å². The van der Waals surface area contributed by atoms with Crippen molar-refractivity contribution < 1.29 is 37.3 Å². The highest BCUT2D eigenvalue weighted by molar-refractivity contribution is 6.32. The lowest BCUT2D eigenvalue weighted by molar-refractivity contribution is -0.144. The molecule has 0 amide bonds. The Balaban J connectivity index is 0.000000252. The van der Waals surface area contributed by atoms with Crippen LogP contribution in [0.3, 0.4) is 0 Å². The van der Waals surface area contributed by atoms with Gasteiger partial charge < -0.3 is 18.9 Å². The first-order valence-electron chi connectivity index (χ1n) is 16.0. The molecule has 0 N–H and O–H groups in total. The fourth-order valence-electron chi connectivity index (χ4n) is 4.80. The van der Waals surface area contributed by atoms with E-state index in [1.807, 2.05) is 12.1 Å². The molecule has 276 valence electrons. The van der Waals surface area contributed by atoms with Crippen molar-refractivity contribution in [2.24, 2.45) is 0 Å². The molecule has 1 unspecified atom stereocenters. The molecule has 0 fully saturated rings. The summed E-state index contributed by atoms with van der Waals surface area (Å²) in [6.07, 6.45) is 0.0773. The average molecular weight is 794 g/mol. The standard InChI is InChI=1S/C22H16Cl2FN3O3.C17H13ClFNO3/c1-3-30-22(29)20(18-6-12(2)21(24)28-27-18)14-4-5-17(23)19(9-14)31-16-8-13(11-26)7-15(25)10-16;1-2-22-17(21)8-11-3-4-15(18)16(7-11)23-14-6-12(10-20)5-13(19)9-14/h4-10,20H,3H2,1-2H3;3-7,9H,2,8H2,1H3. The van der Waals surface area contributed by atoms with Crippen LogP contribution in [-0.2, 0) is 25.5 Å². The minimum atomic E-state index is -0.912. The molecule has 0 aliphatic carbocycles. The first kappa shape index (κ1) is 41.0. The van der Waals surface area contributed by atoms with Crippen LogP contribution in [0.5, 0.6) is 23.0 Å². The van der Waals surface area contributed by atoms with Gasteiger partial charge in [-0.3, -0.25) is 9.59 Å². The van der Waals surface area contributed by atoms with Gasteiger partial charge in [-0.25, -0.2) is 8.78 Å². The number of benzene rings is 4. The molecule has 0 bridgehead atoms. The Labute approximate surface area is 324 Å². The molecule has 1 atom stereocenters. The minimum Gasteiger partial charge on any atom is -0.466 e. The summed E-state index contributed by atoms with van der Waals surface area (Å²) in [7, 11) is 0. The van der Waals surface area contributed by atoms with Crippen LogP contribution in [0.4, 0.5) is 8.78 Å². The third kappa shape index (κ3) is 11.4. The van der Waals surface area contributed by atoms with Gasteiger partial charge in [0.15, 0.2) is 5.15 Å². The topological polar surface area (TPSA) is 144 Å². The molecule has 0 saturated carbocycles. The Hall–Kier alpha value is -5.79. The van der Waals surface area contributed by atoms with E-state index >= 15 is 0 Å². The first-order valence-corrected chi connectivity index (χ1v) is 17.1. The smallest absolute Gasteiger partial charge is 0.319 e. The monoisotopic (exact) mass is 792 g/mol. The van der Waals surface area contributed by atoms with Crippen LogP contribution in [-0.4, -0.2) is 35.3 Å². The van der Waals surface area contributed by atoms with Crippen molar-refractivity contribution in [1.29, 1.82) is 10.5 Å². The van der Waals surface area contributed by atoms with Crippen molar-refractivity contribution in [3.63, 3.8) is 0 Å². The van der Waals surface area contributed by atoms with Crippen LogP contribution in [0, 0.1) is 41.2 Å². The maximum absolute atomic E-state index is 13.8. The zero-order valence-corrected chi connectivity index (χ0v) is 31.1. The summed E-state index contributed by atoms with van der Waals surface area (Å²) in [6.45, 7) is 5.64. The number of halogens is 5. The van der Waals surface area contributed by atoms with Crippen LogP contribution >= 0.6 is 34.8 Å². The summed E-state index contributed by atoms with van der Waals surface area (Å²) in [4.78, 5) is 24.3. The summed E-state index contributed by atoms with van der Waals surface area (Å²) in [5, 5.41) is 26.6. The number of carbonyl (C=O) groups excluding carboxylic acids is 2. The molecule has 0 spiro atoms. The van der Waals surface area contributed by atoms with Crippen LogP contribution < -0.4 is 9.47 Å². The van der Waals surface area contributed by atoms with Gasteiger partial charge in [-0.05, 0) is 92.1 Å². The molecule has 5 aromatic rings. The second kappa shape index (κ2) is 19.3. The van der Waals surface area contributed by atoms with E-state index in [-0.39, 0.29) is 63.3 Å². The van der Waals surface area contributed by atoms with Crippen molar-refractivity contribution in [3.05, 3.63) is 139 Å². The Bertz CT molecular complexity index is 2260. The maximum Gasteiger partial charge on any atom is 0.319 e. The number of nitrogens with zero attached hydrogens (tertiary/aromatic N) is 4. The number of aromatic nitrogens is 2. The molecule has 0 saturated heterocycles. The molecule has 4 aromatic carbocycles. The first-order chi connectivity index (χ1) is 25.8. The molecule has 1 aromatic heterocycles. The molecule has 5 rings (SSSR count). The second-order valence-corrected chi connectivity index (χ2v) is 12.3. The fourth-order valence-corrected chi connectivity index (χ4v) is 5.21. The fraction of sp³-hybridized carbons (Fsp3) is 0.179. The average Bonchev–Trinajstić information content (AvgIpc) is 3.12. The number of ether oxygens (including phenoxy) is 4. The van der Waals surface area contributed by atoms with Crippen LogP contribution in [0.25, 0.3) is 0 Å². The van der Waals surface area contributed by atoms with Crippen molar-refractivity contribution in [3.8, 4) is 35.1 Å². The molecule has 10 nitrogen and oxygen atoms in total. The van der Waals surface area contributed by atoms with Gasteiger partial charge in [-0.15, -0.1) is 5.10 Å². The number of aryl methyl sites for hydroxylation is 1. The van der Waals surface area contributed by atoms with E-state index in [0.717, 1.165) is 24.3 Å². The molecule has 15 heteroatoms. The van der Waals surface area contributed by atoms with Gasteiger partial charge in [0.2, 0.25) is 0 Å². The van der Waals surface area contributed by atoms with Gasteiger partial charge in [-0.1, -0.05) is 46.9 Å². The molecule has 54 heavy (non-hydrogen) atoms. The summed E-state index contributed by atoms with van der Waals surface area (Å²) < 4.78 is 48.5. The largest absolute Gasteiger partial charge is 0.466 e. The van der Waals surface area contributed by atoms with Gasteiger partial charge >= 0.3 is 11.9 Å². The van der Waals surface area contributed by atoms with Gasteiger partial charge in [0.25, 0.3) is 0 Å². The second-order valence-electron chi connectivity index (χ2n) is 11.1. The number of carbonyl (C=O) groups is 2. The van der Waals surface area contributed by atoms with Crippen LogP contribution in [0.15, 0.2) is 78.9 Å². The van der Waals surface area contributed by atoms with Crippen molar-refractivity contribution in [1.82, 2.24) is 10.2 Å². The van der Waals surface area contributed by atoms with Crippen molar-refractivity contribution in [2.45, 2.75) is 33.1 Å².